The number of rotatable bonds is 4. The first-order valence-electron chi connectivity index (χ1n) is 8.28. The molecular formula is C20H11Cl2N3O4. The number of hydrogen-bond acceptors (Lipinski definition) is 6. The summed E-state index contributed by atoms with van der Waals surface area (Å²) in [5.74, 6) is 0.278. The average Bonchev–Trinajstić information content (AvgIpc) is 3.12. The fourth-order valence-electron chi connectivity index (χ4n) is 2.65. The van der Waals surface area contributed by atoms with Crippen molar-refractivity contribution in [3.8, 4) is 17.2 Å². The zero-order chi connectivity index (χ0) is 20.5. The molecule has 1 aromatic heterocycles. The molecule has 0 unspecified atom stereocenters. The van der Waals surface area contributed by atoms with E-state index in [1.54, 1.807) is 36.4 Å². The predicted molar refractivity (Wildman–Crippen MR) is 111 cm³/mol. The molecule has 0 saturated carbocycles. The number of non-ortho nitro benzene ring substituents is 1. The van der Waals surface area contributed by atoms with Gasteiger partial charge in [-0.1, -0.05) is 23.2 Å². The summed E-state index contributed by atoms with van der Waals surface area (Å²) in [5.41, 5.74) is 2.45. The van der Waals surface area contributed by atoms with Gasteiger partial charge >= 0.3 is 0 Å². The molecule has 0 saturated heterocycles. The van der Waals surface area contributed by atoms with Crippen molar-refractivity contribution < 1.29 is 14.4 Å². The Morgan fingerprint density at radius 2 is 1.90 bits per heavy atom. The van der Waals surface area contributed by atoms with Crippen molar-refractivity contribution in [3.05, 3.63) is 80.3 Å². The lowest BCUT2D eigenvalue weighted by Crippen LogP contribution is -1.90. The number of benzene rings is 3. The average molecular weight is 428 g/mol. The number of nitro benzene ring substituents is 1. The lowest BCUT2D eigenvalue weighted by Gasteiger charge is -1.99. The van der Waals surface area contributed by atoms with Crippen LogP contribution in [0.5, 0.6) is 5.75 Å². The van der Waals surface area contributed by atoms with Gasteiger partial charge in [0, 0.05) is 29.5 Å². The van der Waals surface area contributed by atoms with Crippen LogP contribution in [0.15, 0.2) is 64.0 Å². The van der Waals surface area contributed by atoms with E-state index < -0.39 is 4.92 Å². The quantitative estimate of drug-likeness (QED) is 0.238. The van der Waals surface area contributed by atoms with Crippen LogP contribution in [0.3, 0.4) is 0 Å². The molecule has 0 fully saturated rings. The lowest BCUT2D eigenvalue weighted by molar-refractivity contribution is -0.384. The largest absolute Gasteiger partial charge is 0.507 e. The number of aromatic hydroxyl groups is 1. The zero-order valence-electron chi connectivity index (χ0n) is 14.5. The molecule has 1 N–H and O–H groups in total. The van der Waals surface area contributed by atoms with E-state index in [4.69, 9.17) is 27.6 Å². The summed E-state index contributed by atoms with van der Waals surface area (Å²) < 4.78 is 5.75. The number of nitrogens with zero attached hydrogens (tertiary/aromatic N) is 3. The normalized spacial score (nSPS) is 11.4. The van der Waals surface area contributed by atoms with Crippen molar-refractivity contribution in [2.24, 2.45) is 4.99 Å². The molecule has 9 heteroatoms. The van der Waals surface area contributed by atoms with Crippen LogP contribution in [-0.4, -0.2) is 21.2 Å². The van der Waals surface area contributed by atoms with Crippen LogP contribution in [0.4, 0.5) is 11.4 Å². The second kappa shape index (κ2) is 7.54. The second-order valence-electron chi connectivity index (χ2n) is 6.06. The van der Waals surface area contributed by atoms with Crippen molar-refractivity contribution in [1.29, 1.82) is 0 Å². The highest BCUT2D eigenvalue weighted by molar-refractivity contribution is 6.42. The summed E-state index contributed by atoms with van der Waals surface area (Å²) in [4.78, 5) is 19.1. The fourth-order valence-corrected chi connectivity index (χ4v) is 2.95. The lowest BCUT2D eigenvalue weighted by atomic mass is 10.2. The molecule has 0 aliphatic carbocycles. The number of oxazole rings is 1. The van der Waals surface area contributed by atoms with Gasteiger partial charge in [0.2, 0.25) is 5.89 Å². The SMILES string of the molecule is O=[N+]([O-])c1ccc(O)c(C=Nc2ccc3oc(-c4ccc(Cl)c(Cl)c4)nc3c2)c1. The van der Waals surface area contributed by atoms with Gasteiger partial charge in [-0.2, -0.15) is 0 Å². The minimum atomic E-state index is -0.539. The summed E-state index contributed by atoms with van der Waals surface area (Å²) in [7, 11) is 0. The Bertz CT molecular complexity index is 1280. The fraction of sp³-hybridized carbons (Fsp3) is 0. The van der Waals surface area contributed by atoms with Crippen molar-refractivity contribution in [1.82, 2.24) is 4.98 Å². The van der Waals surface area contributed by atoms with Crippen LogP contribution in [0, 0.1) is 10.1 Å². The molecule has 7 nitrogen and oxygen atoms in total. The highest BCUT2D eigenvalue weighted by Gasteiger charge is 2.11. The Labute approximate surface area is 174 Å². The summed E-state index contributed by atoms with van der Waals surface area (Å²) >= 11 is 12.0. The summed E-state index contributed by atoms with van der Waals surface area (Å²) in [6, 6.07) is 13.9. The molecule has 3 aromatic carbocycles. The monoisotopic (exact) mass is 427 g/mol. The highest BCUT2D eigenvalue weighted by Crippen LogP contribution is 2.31. The topological polar surface area (TPSA) is 102 Å². The van der Waals surface area contributed by atoms with E-state index in [0.717, 1.165) is 0 Å². The van der Waals surface area contributed by atoms with Gasteiger partial charge in [-0.25, -0.2) is 4.98 Å². The third-order valence-electron chi connectivity index (χ3n) is 4.11. The standard InChI is InChI=1S/C20H11Cl2N3O4/c21-15-4-1-11(8-16(15)22)20-24-17-9-13(2-6-19(17)29-20)23-10-12-7-14(25(27)28)3-5-18(12)26/h1-10,26H. The molecule has 0 aliphatic rings. The van der Waals surface area contributed by atoms with Gasteiger partial charge in [-0.15, -0.1) is 0 Å². The number of phenolic OH excluding ortho intramolecular Hbond substituents is 1. The first-order chi connectivity index (χ1) is 13.9. The third kappa shape index (κ3) is 3.91. The minimum absolute atomic E-state index is 0.108. The number of nitro groups is 1. The minimum Gasteiger partial charge on any atom is -0.507 e. The summed E-state index contributed by atoms with van der Waals surface area (Å²) in [5, 5.41) is 21.6. The molecular weight excluding hydrogens is 417 g/mol. The van der Waals surface area contributed by atoms with Gasteiger partial charge in [0.25, 0.3) is 5.69 Å². The molecule has 4 rings (SSSR count). The van der Waals surface area contributed by atoms with Crippen LogP contribution in [-0.2, 0) is 0 Å². The van der Waals surface area contributed by atoms with E-state index in [0.29, 0.717) is 38.3 Å². The Balaban J connectivity index is 1.66. The first-order valence-corrected chi connectivity index (χ1v) is 9.04. The van der Waals surface area contributed by atoms with Gasteiger partial charge in [-0.05, 0) is 42.5 Å². The highest BCUT2D eigenvalue weighted by atomic mass is 35.5. The maximum atomic E-state index is 10.9. The van der Waals surface area contributed by atoms with Gasteiger partial charge in [0.05, 0.1) is 20.7 Å². The number of phenols is 1. The van der Waals surface area contributed by atoms with E-state index in [1.807, 2.05) is 0 Å². The number of halogens is 2. The Morgan fingerprint density at radius 1 is 1.07 bits per heavy atom. The van der Waals surface area contributed by atoms with E-state index in [2.05, 4.69) is 9.98 Å². The van der Waals surface area contributed by atoms with Crippen LogP contribution in [0.25, 0.3) is 22.6 Å². The van der Waals surface area contributed by atoms with E-state index in [1.165, 1.54) is 24.4 Å². The van der Waals surface area contributed by atoms with Crippen molar-refractivity contribution >= 4 is 51.9 Å². The van der Waals surface area contributed by atoms with Crippen molar-refractivity contribution in [2.45, 2.75) is 0 Å². The number of fused-ring (bicyclic) bond motifs is 1. The number of hydrogen-bond donors (Lipinski definition) is 1. The molecule has 1 heterocycles. The van der Waals surface area contributed by atoms with E-state index in [-0.39, 0.29) is 17.0 Å². The molecule has 0 amide bonds. The zero-order valence-corrected chi connectivity index (χ0v) is 16.1. The Kier molecular flexibility index (Phi) is 4.92. The Hall–Kier alpha value is -3.42. The van der Waals surface area contributed by atoms with Gasteiger partial charge in [0.1, 0.15) is 11.3 Å². The molecule has 0 radical (unpaired) electrons. The van der Waals surface area contributed by atoms with Crippen LogP contribution in [0.2, 0.25) is 10.0 Å². The third-order valence-corrected chi connectivity index (χ3v) is 4.85. The molecule has 0 bridgehead atoms. The second-order valence-corrected chi connectivity index (χ2v) is 6.87. The van der Waals surface area contributed by atoms with Gasteiger partial charge in [-0.3, -0.25) is 15.1 Å². The van der Waals surface area contributed by atoms with Crippen molar-refractivity contribution in [2.75, 3.05) is 0 Å². The van der Waals surface area contributed by atoms with Gasteiger partial charge in [0.15, 0.2) is 5.58 Å². The van der Waals surface area contributed by atoms with Crippen LogP contribution in [0.1, 0.15) is 5.56 Å². The summed E-state index contributed by atoms with van der Waals surface area (Å²) in [6.45, 7) is 0. The maximum Gasteiger partial charge on any atom is 0.270 e. The predicted octanol–water partition coefficient (Wildman–Crippen LogP) is 6.17. The molecule has 144 valence electrons. The smallest absolute Gasteiger partial charge is 0.270 e. The molecule has 4 aromatic rings. The molecule has 29 heavy (non-hydrogen) atoms. The first kappa shape index (κ1) is 18.9. The number of aromatic nitrogens is 1. The summed E-state index contributed by atoms with van der Waals surface area (Å²) in [6.07, 6.45) is 1.35. The molecule has 0 atom stereocenters. The van der Waals surface area contributed by atoms with Crippen LogP contribution < -0.4 is 0 Å². The van der Waals surface area contributed by atoms with Crippen LogP contribution >= 0.6 is 23.2 Å². The number of aliphatic imine (C=N–C) groups is 1. The van der Waals surface area contributed by atoms with Crippen molar-refractivity contribution in [3.63, 3.8) is 0 Å². The van der Waals surface area contributed by atoms with Gasteiger partial charge < -0.3 is 9.52 Å². The van der Waals surface area contributed by atoms with E-state index >= 15 is 0 Å². The molecule has 0 aliphatic heterocycles. The molecule has 0 spiro atoms. The van der Waals surface area contributed by atoms with E-state index in [9.17, 15) is 15.2 Å². The maximum absolute atomic E-state index is 10.9. The Morgan fingerprint density at radius 3 is 2.66 bits per heavy atom.